The third-order valence-corrected chi connectivity index (χ3v) is 3.81. The summed E-state index contributed by atoms with van der Waals surface area (Å²) in [5.41, 5.74) is -0.0149. The molecular weight excluding hydrogens is 370 g/mol. The molecule has 0 radical (unpaired) electrons. The number of furan rings is 1. The molecule has 2 aromatic carbocycles. The van der Waals surface area contributed by atoms with Gasteiger partial charge in [-0.1, -0.05) is 6.07 Å². The number of hydrogen-bond acceptors (Lipinski definition) is 7. The van der Waals surface area contributed by atoms with Crippen LogP contribution in [0.4, 0.5) is 17.1 Å². The van der Waals surface area contributed by atoms with Crippen LogP contribution in [-0.4, -0.2) is 22.9 Å². The van der Waals surface area contributed by atoms with Crippen LogP contribution in [0.1, 0.15) is 10.6 Å². The smallest absolute Gasteiger partial charge is 0.291 e. The molecule has 0 spiro atoms. The van der Waals surface area contributed by atoms with Gasteiger partial charge in [0.05, 0.1) is 28.6 Å². The van der Waals surface area contributed by atoms with Gasteiger partial charge >= 0.3 is 0 Å². The van der Waals surface area contributed by atoms with Crippen molar-refractivity contribution in [1.82, 2.24) is 0 Å². The minimum Gasteiger partial charge on any atom is -0.497 e. The number of non-ortho nitro benzene ring substituents is 1. The van der Waals surface area contributed by atoms with Crippen LogP contribution in [0.3, 0.4) is 0 Å². The minimum absolute atomic E-state index is 0.105. The molecule has 0 saturated carbocycles. The first-order valence-corrected chi connectivity index (χ1v) is 7.87. The normalized spacial score (nSPS) is 10.3. The summed E-state index contributed by atoms with van der Waals surface area (Å²) >= 11 is 0. The predicted octanol–water partition coefficient (Wildman–Crippen LogP) is 4.02. The SMILES string of the molecule is COc1ccc(-c2ccc(C(=O)Nc3cccc([N+](=O)[O-])c3)o2)c([N+](=O)[O-])c1. The van der Waals surface area contributed by atoms with Gasteiger partial charge < -0.3 is 14.5 Å². The summed E-state index contributed by atoms with van der Waals surface area (Å²) in [5, 5.41) is 24.6. The largest absolute Gasteiger partial charge is 0.497 e. The Kier molecular flexibility index (Phi) is 5.03. The number of amides is 1. The van der Waals surface area contributed by atoms with Crippen LogP contribution < -0.4 is 10.1 Å². The van der Waals surface area contributed by atoms with Crippen LogP contribution in [0.15, 0.2) is 59.0 Å². The van der Waals surface area contributed by atoms with Gasteiger partial charge in [-0.05, 0) is 30.3 Å². The number of rotatable bonds is 6. The molecule has 0 aliphatic rings. The van der Waals surface area contributed by atoms with E-state index in [-0.39, 0.29) is 34.1 Å². The van der Waals surface area contributed by atoms with E-state index >= 15 is 0 Å². The lowest BCUT2D eigenvalue weighted by Crippen LogP contribution is -2.10. The maximum Gasteiger partial charge on any atom is 0.291 e. The summed E-state index contributed by atoms with van der Waals surface area (Å²) in [4.78, 5) is 33.3. The summed E-state index contributed by atoms with van der Waals surface area (Å²) in [6.45, 7) is 0. The van der Waals surface area contributed by atoms with Crippen molar-refractivity contribution in [2.24, 2.45) is 0 Å². The predicted molar refractivity (Wildman–Crippen MR) is 98.4 cm³/mol. The van der Waals surface area contributed by atoms with E-state index < -0.39 is 15.8 Å². The van der Waals surface area contributed by atoms with Crippen LogP contribution in [0.2, 0.25) is 0 Å². The second-order valence-corrected chi connectivity index (χ2v) is 5.57. The molecule has 0 aliphatic carbocycles. The molecular formula is C18H13N3O7. The number of carbonyl (C=O) groups is 1. The number of nitro benzene ring substituents is 2. The summed E-state index contributed by atoms with van der Waals surface area (Å²) in [5.74, 6) is -0.321. The van der Waals surface area contributed by atoms with Gasteiger partial charge in [-0.2, -0.15) is 0 Å². The first-order chi connectivity index (χ1) is 13.4. The molecule has 1 heterocycles. The van der Waals surface area contributed by atoms with Gasteiger partial charge in [-0.25, -0.2) is 0 Å². The van der Waals surface area contributed by atoms with Crippen LogP contribution in [0.5, 0.6) is 5.75 Å². The zero-order valence-electron chi connectivity index (χ0n) is 14.4. The number of ether oxygens (including phenoxy) is 1. The number of nitrogens with zero attached hydrogens (tertiary/aromatic N) is 2. The Balaban J connectivity index is 1.86. The molecule has 0 fully saturated rings. The quantitative estimate of drug-likeness (QED) is 0.501. The maximum atomic E-state index is 12.3. The van der Waals surface area contributed by atoms with E-state index in [4.69, 9.17) is 9.15 Å². The summed E-state index contributed by atoms with van der Waals surface area (Å²) in [6, 6.07) is 12.4. The van der Waals surface area contributed by atoms with Crippen molar-refractivity contribution in [3.63, 3.8) is 0 Å². The number of hydrogen-bond donors (Lipinski definition) is 1. The fourth-order valence-electron chi connectivity index (χ4n) is 2.49. The molecule has 3 rings (SSSR count). The van der Waals surface area contributed by atoms with E-state index in [0.29, 0.717) is 5.75 Å². The number of methoxy groups -OCH3 is 1. The zero-order valence-corrected chi connectivity index (χ0v) is 14.4. The van der Waals surface area contributed by atoms with E-state index in [0.717, 1.165) is 0 Å². The highest BCUT2D eigenvalue weighted by molar-refractivity contribution is 6.02. The molecule has 1 aromatic heterocycles. The number of nitrogens with one attached hydrogen (secondary N) is 1. The standard InChI is InChI=1S/C18H13N3O7/c1-27-13-5-6-14(15(10-13)21(25)26)16-7-8-17(28-16)18(22)19-11-3-2-4-12(9-11)20(23)24/h2-10H,1H3,(H,19,22). The lowest BCUT2D eigenvalue weighted by molar-refractivity contribution is -0.384. The Hall–Kier alpha value is -4.21. The first kappa shape index (κ1) is 18.6. The molecule has 0 saturated heterocycles. The molecule has 28 heavy (non-hydrogen) atoms. The van der Waals surface area contributed by atoms with E-state index in [1.165, 1.54) is 61.7 Å². The van der Waals surface area contributed by atoms with Crippen LogP contribution in [-0.2, 0) is 0 Å². The third kappa shape index (κ3) is 3.80. The van der Waals surface area contributed by atoms with Crippen molar-refractivity contribution in [2.75, 3.05) is 12.4 Å². The average molecular weight is 383 g/mol. The van der Waals surface area contributed by atoms with Crippen molar-refractivity contribution in [3.8, 4) is 17.1 Å². The number of carbonyl (C=O) groups excluding carboxylic acids is 1. The van der Waals surface area contributed by atoms with Gasteiger partial charge in [0.25, 0.3) is 17.3 Å². The number of anilines is 1. The van der Waals surface area contributed by atoms with Gasteiger partial charge in [-0.3, -0.25) is 25.0 Å². The lowest BCUT2D eigenvalue weighted by atomic mass is 10.1. The Labute approximate surface area is 157 Å². The molecule has 3 aromatic rings. The van der Waals surface area contributed by atoms with Gasteiger partial charge in [0.2, 0.25) is 0 Å². The van der Waals surface area contributed by atoms with Crippen LogP contribution in [0.25, 0.3) is 11.3 Å². The number of benzene rings is 2. The highest BCUT2D eigenvalue weighted by Crippen LogP contribution is 2.34. The van der Waals surface area contributed by atoms with E-state index in [2.05, 4.69) is 5.32 Å². The molecule has 10 heteroatoms. The fourth-order valence-corrected chi connectivity index (χ4v) is 2.49. The molecule has 0 atom stereocenters. The monoisotopic (exact) mass is 383 g/mol. The van der Waals surface area contributed by atoms with Gasteiger partial charge in [-0.15, -0.1) is 0 Å². The van der Waals surface area contributed by atoms with Crippen molar-refractivity contribution in [1.29, 1.82) is 0 Å². The van der Waals surface area contributed by atoms with Crippen LogP contribution >= 0.6 is 0 Å². The average Bonchev–Trinajstić information content (AvgIpc) is 3.17. The fraction of sp³-hybridized carbons (Fsp3) is 0.0556. The summed E-state index contributed by atoms with van der Waals surface area (Å²) in [7, 11) is 1.39. The third-order valence-electron chi connectivity index (χ3n) is 3.81. The van der Waals surface area contributed by atoms with Gasteiger partial charge in [0.1, 0.15) is 11.5 Å². The molecule has 1 N–H and O–H groups in total. The van der Waals surface area contributed by atoms with E-state index in [1.54, 1.807) is 0 Å². The zero-order chi connectivity index (χ0) is 20.3. The molecule has 0 aliphatic heterocycles. The Morgan fingerprint density at radius 1 is 1.04 bits per heavy atom. The van der Waals surface area contributed by atoms with Gasteiger partial charge in [0.15, 0.2) is 5.76 Å². The van der Waals surface area contributed by atoms with Crippen LogP contribution in [0, 0.1) is 20.2 Å². The molecule has 142 valence electrons. The highest BCUT2D eigenvalue weighted by Gasteiger charge is 2.21. The molecule has 1 amide bonds. The van der Waals surface area contributed by atoms with Crippen molar-refractivity contribution in [2.45, 2.75) is 0 Å². The van der Waals surface area contributed by atoms with E-state index in [1.807, 2.05) is 0 Å². The summed E-state index contributed by atoms with van der Waals surface area (Å²) in [6.07, 6.45) is 0. The molecule has 0 bridgehead atoms. The Morgan fingerprint density at radius 3 is 2.50 bits per heavy atom. The van der Waals surface area contributed by atoms with E-state index in [9.17, 15) is 25.0 Å². The van der Waals surface area contributed by atoms with Crippen molar-refractivity contribution < 1.29 is 23.8 Å². The van der Waals surface area contributed by atoms with Crippen molar-refractivity contribution in [3.05, 3.63) is 80.6 Å². The van der Waals surface area contributed by atoms with Gasteiger partial charge in [0, 0.05) is 17.8 Å². The summed E-state index contributed by atoms with van der Waals surface area (Å²) < 4.78 is 10.4. The first-order valence-electron chi connectivity index (χ1n) is 7.87. The molecule has 10 nitrogen and oxygen atoms in total. The second-order valence-electron chi connectivity index (χ2n) is 5.57. The highest BCUT2D eigenvalue weighted by atomic mass is 16.6. The molecule has 0 unspecified atom stereocenters. The minimum atomic E-state index is -0.650. The lowest BCUT2D eigenvalue weighted by Gasteiger charge is -2.04. The topological polar surface area (TPSA) is 138 Å². The Morgan fingerprint density at radius 2 is 1.82 bits per heavy atom. The van der Waals surface area contributed by atoms with Crippen molar-refractivity contribution >= 4 is 23.0 Å². The number of nitro groups is 2. The Bertz CT molecular complexity index is 1070. The second kappa shape index (κ2) is 7.58. The maximum absolute atomic E-state index is 12.3.